The molecule has 0 unspecified atom stereocenters. The summed E-state index contributed by atoms with van der Waals surface area (Å²) in [4.78, 5) is 9.04. The Morgan fingerprint density at radius 1 is 0.783 bits per heavy atom. The molecule has 4 aromatic carbocycles. The standard InChI is InChI=1S/C26H19FNO.C14H16NSi.Ir/c1-16(2)18-12-13-28-23(14-18)19-8-11-22-25(15-19)29-24-5-3-4-21(26(22)24)17-6-9-20(27)10-7-17;1-16(2,3)13-9-10-14(15-11-13)12-7-5-4-6-8-12;/h3-14,16H,1-2H3;4-7,9-11H,1-3H3;/q2*-1;. The number of furan rings is 1. The predicted octanol–water partition coefficient (Wildman–Crippen LogP) is 10.5. The SMILES string of the molecule is CC(C)c1ccnc(-c2[c-]c3oc4cccc(-c5ccc(F)cc5)c4c3cc2)c1.C[Si](C)(C)c1ccc(-c2[c-]cccc2)nc1.[Ir]. The summed E-state index contributed by atoms with van der Waals surface area (Å²) >= 11 is 0. The molecule has 3 aromatic heterocycles. The summed E-state index contributed by atoms with van der Waals surface area (Å²) in [7, 11) is -1.23. The molecule has 0 saturated carbocycles. The van der Waals surface area contributed by atoms with Crippen molar-refractivity contribution in [2.45, 2.75) is 39.4 Å². The van der Waals surface area contributed by atoms with Crippen molar-refractivity contribution in [2.75, 3.05) is 0 Å². The van der Waals surface area contributed by atoms with Crippen molar-refractivity contribution in [2.24, 2.45) is 0 Å². The molecule has 0 amide bonds. The molecule has 233 valence electrons. The zero-order valence-corrected chi connectivity index (χ0v) is 30.0. The van der Waals surface area contributed by atoms with E-state index in [1.165, 1.54) is 22.9 Å². The minimum absolute atomic E-state index is 0. The van der Waals surface area contributed by atoms with Crippen molar-refractivity contribution in [3.05, 3.63) is 139 Å². The van der Waals surface area contributed by atoms with E-state index in [-0.39, 0.29) is 25.9 Å². The largest absolute Gasteiger partial charge is 0.477 e. The van der Waals surface area contributed by atoms with Gasteiger partial charge in [-0.25, -0.2) is 4.39 Å². The van der Waals surface area contributed by atoms with Crippen molar-refractivity contribution >= 4 is 35.2 Å². The first-order valence-electron chi connectivity index (χ1n) is 15.2. The second-order valence-electron chi connectivity index (χ2n) is 12.5. The van der Waals surface area contributed by atoms with Gasteiger partial charge in [-0.2, -0.15) is 0 Å². The molecular weight excluding hydrogens is 764 g/mol. The van der Waals surface area contributed by atoms with Crippen LogP contribution in [0.4, 0.5) is 4.39 Å². The fourth-order valence-electron chi connectivity index (χ4n) is 5.28. The third-order valence-electron chi connectivity index (χ3n) is 7.91. The Morgan fingerprint density at radius 2 is 1.59 bits per heavy atom. The van der Waals surface area contributed by atoms with E-state index < -0.39 is 8.07 Å². The number of hydrogen-bond donors (Lipinski definition) is 0. The van der Waals surface area contributed by atoms with E-state index in [2.05, 4.69) is 79.9 Å². The molecule has 0 saturated heterocycles. The Balaban J connectivity index is 0.000000209. The van der Waals surface area contributed by atoms with Crippen LogP contribution in [-0.4, -0.2) is 18.0 Å². The summed E-state index contributed by atoms with van der Waals surface area (Å²) in [5.41, 5.74) is 8.55. The van der Waals surface area contributed by atoms with E-state index in [0.29, 0.717) is 11.5 Å². The maximum atomic E-state index is 13.4. The number of pyridine rings is 2. The zero-order chi connectivity index (χ0) is 31.6. The number of rotatable bonds is 5. The molecule has 3 heterocycles. The van der Waals surface area contributed by atoms with Gasteiger partial charge >= 0.3 is 0 Å². The average Bonchev–Trinajstić information content (AvgIpc) is 3.44. The van der Waals surface area contributed by atoms with Crippen molar-refractivity contribution in [1.82, 2.24) is 9.97 Å². The van der Waals surface area contributed by atoms with E-state index in [1.54, 1.807) is 12.1 Å². The molecule has 0 N–H and O–H groups in total. The van der Waals surface area contributed by atoms with Crippen LogP contribution < -0.4 is 5.19 Å². The summed E-state index contributed by atoms with van der Waals surface area (Å²) in [5, 5.41) is 3.40. The molecule has 0 atom stereocenters. The van der Waals surface area contributed by atoms with Gasteiger partial charge in [0.1, 0.15) is 11.4 Å². The Hall–Kier alpha value is -4.22. The normalized spacial score (nSPS) is 11.3. The number of aromatic nitrogens is 2. The molecule has 0 fully saturated rings. The molecular formula is C40H35FIrN2OSi-2. The van der Waals surface area contributed by atoms with Gasteiger partial charge in [-0.1, -0.05) is 93.0 Å². The number of benzene rings is 4. The molecule has 0 aliphatic carbocycles. The van der Waals surface area contributed by atoms with Crippen molar-refractivity contribution in [3.8, 4) is 33.6 Å². The molecule has 7 rings (SSSR count). The second-order valence-corrected chi connectivity index (χ2v) is 17.6. The molecule has 6 heteroatoms. The Bertz CT molecular complexity index is 2070. The fraction of sp³-hybridized carbons (Fsp3) is 0.150. The third kappa shape index (κ3) is 7.26. The van der Waals surface area contributed by atoms with Crippen LogP contribution in [0.5, 0.6) is 0 Å². The van der Waals surface area contributed by atoms with Crippen LogP contribution in [0.15, 0.2) is 120 Å². The summed E-state index contributed by atoms with van der Waals surface area (Å²) in [5.74, 6) is 0.192. The van der Waals surface area contributed by atoms with Crippen LogP contribution in [0, 0.1) is 17.9 Å². The van der Waals surface area contributed by atoms with Gasteiger partial charge in [0.15, 0.2) is 0 Å². The number of nitrogens with zero attached hydrogens (tertiary/aromatic N) is 2. The summed E-state index contributed by atoms with van der Waals surface area (Å²) < 4.78 is 19.5. The number of hydrogen-bond acceptors (Lipinski definition) is 3. The smallest absolute Gasteiger partial charge is 0.124 e. The summed E-state index contributed by atoms with van der Waals surface area (Å²) in [6.07, 6.45) is 3.86. The van der Waals surface area contributed by atoms with E-state index >= 15 is 0 Å². The van der Waals surface area contributed by atoms with Crippen molar-refractivity contribution < 1.29 is 28.9 Å². The van der Waals surface area contributed by atoms with Crippen molar-refractivity contribution in [1.29, 1.82) is 0 Å². The third-order valence-corrected chi connectivity index (χ3v) is 9.94. The Morgan fingerprint density at radius 3 is 2.26 bits per heavy atom. The minimum Gasteiger partial charge on any atom is -0.477 e. The van der Waals surface area contributed by atoms with Crippen molar-refractivity contribution in [3.63, 3.8) is 0 Å². The molecule has 1 radical (unpaired) electrons. The second kappa shape index (κ2) is 14.0. The van der Waals surface area contributed by atoms with E-state index in [9.17, 15) is 4.39 Å². The number of halogens is 1. The molecule has 3 nitrogen and oxygen atoms in total. The molecule has 7 aromatic rings. The van der Waals surface area contributed by atoms with Crippen LogP contribution in [0.25, 0.3) is 55.6 Å². The first-order chi connectivity index (χ1) is 21.7. The van der Waals surface area contributed by atoms with Gasteiger partial charge in [-0.05, 0) is 63.3 Å². The minimum atomic E-state index is -1.23. The van der Waals surface area contributed by atoms with E-state index in [1.807, 2.05) is 67.0 Å². The van der Waals surface area contributed by atoms with Gasteiger partial charge < -0.3 is 14.4 Å². The fourth-order valence-corrected chi connectivity index (χ4v) is 6.31. The number of fused-ring (bicyclic) bond motifs is 3. The molecule has 0 aliphatic rings. The van der Waals surface area contributed by atoms with E-state index in [4.69, 9.17) is 4.42 Å². The Kier molecular flexibility index (Phi) is 10.1. The van der Waals surface area contributed by atoms with E-state index in [0.717, 1.165) is 50.0 Å². The van der Waals surface area contributed by atoms with Gasteiger partial charge in [0.25, 0.3) is 0 Å². The molecule has 46 heavy (non-hydrogen) atoms. The maximum absolute atomic E-state index is 13.4. The predicted molar refractivity (Wildman–Crippen MR) is 187 cm³/mol. The Labute approximate surface area is 284 Å². The maximum Gasteiger partial charge on any atom is 0.124 e. The summed E-state index contributed by atoms with van der Waals surface area (Å²) in [6, 6.07) is 39.6. The zero-order valence-electron chi connectivity index (χ0n) is 26.6. The van der Waals surface area contributed by atoms with Crippen LogP contribution in [0.2, 0.25) is 19.6 Å². The van der Waals surface area contributed by atoms with Gasteiger partial charge in [-0.15, -0.1) is 53.6 Å². The quantitative estimate of drug-likeness (QED) is 0.129. The van der Waals surface area contributed by atoms with Crippen LogP contribution in [0.1, 0.15) is 25.3 Å². The van der Waals surface area contributed by atoms with Crippen LogP contribution in [-0.2, 0) is 20.1 Å². The monoisotopic (exact) mass is 799 g/mol. The van der Waals surface area contributed by atoms with Crippen LogP contribution >= 0.6 is 0 Å². The van der Waals surface area contributed by atoms with Gasteiger partial charge in [0.2, 0.25) is 0 Å². The first-order valence-corrected chi connectivity index (χ1v) is 18.7. The molecule has 0 spiro atoms. The summed E-state index contributed by atoms with van der Waals surface area (Å²) in [6.45, 7) is 11.3. The van der Waals surface area contributed by atoms with Gasteiger partial charge in [0, 0.05) is 32.5 Å². The van der Waals surface area contributed by atoms with Crippen LogP contribution in [0.3, 0.4) is 0 Å². The first kappa shape index (κ1) is 33.1. The molecule has 0 bridgehead atoms. The average molecular weight is 799 g/mol. The van der Waals surface area contributed by atoms with Gasteiger partial charge in [0.05, 0.1) is 13.7 Å². The molecule has 0 aliphatic heterocycles. The van der Waals surface area contributed by atoms with Gasteiger partial charge in [-0.3, -0.25) is 0 Å². The topological polar surface area (TPSA) is 38.9 Å².